The van der Waals surface area contributed by atoms with E-state index in [0.29, 0.717) is 13.0 Å². The number of fused-ring (bicyclic) bond motifs is 1. The minimum absolute atomic E-state index is 0.0442. The van der Waals surface area contributed by atoms with Gasteiger partial charge in [-0.1, -0.05) is 12.1 Å². The van der Waals surface area contributed by atoms with Gasteiger partial charge in [0.2, 0.25) is 0 Å². The van der Waals surface area contributed by atoms with Gasteiger partial charge in [-0.15, -0.1) is 0 Å². The second-order valence-corrected chi connectivity index (χ2v) is 4.82. The van der Waals surface area contributed by atoms with E-state index in [9.17, 15) is 4.39 Å². The molecular weight excluding hydrogens is 243 g/mol. The molecule has 1 aliphatic heterocycles. The first-order chi connectivity index (χ1) is 9.20. The third-order valence-electron chi connectivity index (χ3n) is 3.19. The van der Waals surface area contributed by atoms with Gasteiger partial charge in [-0.25, -0.2) is 4.39 Å². The van der Waals surface area contributed by atoms with Gasteiger partial charge in [-0.2, -0.15) is 0 Å². The summed E-state index contributed by atoms with van der Waals surface area (Å²) < 4.78 is 24.5. The Labute approximate surface area is 111 Å². The molecule has 3 heteroatoms. The molecule has 1 atom stereocenters. The van der Waals surface area contributed by atoms with Gasteiger partial charge in [0.05, 0.1) is 0 Å². The molecule has 0 spiro atoms. The zero-order valence-corrected chi connectivity index (χ0v) is 10.7. The van der Waals surface area contributed by atoms with E-state index in [1.807, 2.05) is 31.2 Å². The number of ether oxygens (including phenoxy) is 2. The van der Waals surface area contributed by atoms with Gasteiger partial charge in [-0.3, -0.25) is 0 Å². The van der Waals surface area contributed by atoms with Gasteiger partial charge in [-0.05, 0) is 42.8 Å². The van der Waals surface area contributed by atoms with Crippen molar-refractivity contribution in [1.82, 2.24) is 0 Å². The highest BCUT2D eigenvalue weighted by atomic mass is 19.1. The lowest BCUT2D eigenvalue weighted by molar-refractivity contribution is 0.148. The molecule has 0 saturated carbocycles. The molecule has 1 heterocycles. The summed E-state index contributed by atoms with van der Waals surface area (Å²) in [6, 6.07) is 12.5. The fraction of sp³-hybridized carbons (Fsp3) is 0.250. The topological polar surface area (TPSA) is 18.5 Å². The Morgan fingerprint density at radius 3 is 3.00 bits per heavy atom. The number of halogens is 1. The smallest absolute Gasteiger partial charge is 0.137 e. The van der Waals surface area contributed by atoms with E-state index >= 15 is 0 Å². The van der Waals surface area contributed by atoms with Crippen molar-refractivity contribution in [2.45, 2.75) is 19.4 Å². The highest BCUT2D eigenvalue weighted by molar-refractivity contribution is 5.38. The minimum Gasteiger partial charge on any atom is -0.490 e. The van der Waals surface area contributed by atoms with E-state index in [2.05, 4.69) is 0 Å². The van der Waals surface area contributed by atoms with Crippen molar-refractivity contribution >= 4 is 0 Å². The lowest BCUT2D eigenvalue weighted by atomic mass is 10.1. The molecule has 19 heavy (non-hydrogen) atoms. The summed E-state index contributed by atoms with van der Waals surface area (Å²) in [5, 5.41) is 0. The molecule has 0 aliphatic carbocycles. The van der Waals surface area contributed by atoms with Crippen molar-refractivity contribution in [2.24, 2.45) is 0 Å². The maximum Gasteiger partial charge on any atom is 0.137 e. The average Bonchev–Trinajstić information content (AvgIpc) is 2.78. The number of benzene rings is 2. The largest absolute Gasteiger partial charge is 0.490 e. The molecule has 2 nitrogen and oxygen atoms in total. The first-order valence-electron chi connectivity index (χ1n) is 6.35. The van der Waals surface area contributed by atoms with E-state index in [1.54, 1.807) is 6.07 Å². The van der Waals surface area contributed by atoms with E-state index in [4.69, 9.17) is 9.47 Å². The van der Waals surface area contributed by atoms with Gasteiger partial charge in [0.1, 0.15) is 30.0 Å². The first kappa shape index (κ1) is 12.0. The van der Waals surface area contributed by atoms with Gasteiger partial charge in [0.15, 0.2) is 0 Å². The fourth-order valence-electron chi connectivity index (χ4n) is 2.28. The quantitative estimate of drug-likeness (QED) is 0.838. The SMILES string of the molecule is Cc1cccc(OCC2Cc3cc(F)ccc3O2)c1. The van der Waals surface area contributed by atoms with Crippen LogP contribution in [-0.4, -0.2) is 12.7 Å². The zero-order valence-electron chi connectivity index (χ0n) is 10.7. The second-order valence-electron chi connectivity index (χ2n) is 4.82. The molecule has 0 saturated heterocycles. The summed E-state index contributed by atoms with van der Waals surface area (Å²) >= 11 is 0. The highest BCUT2D eigenvalue weighted by Crippen LogP contribution is 2.29. The number of aryl methyl sites for hydroxylation is 1. The third-order valence-corrected chi connectivity index (χ3v) is 3.19. The van der Waals surface area contributed by atoms with Crippen molar-refractivity contribution in [1.29, 1.82) is 0 Å². The van der Waals surface area contributed by atoms with E-state index in [0.717, 1.165) is 22.6 Å². The van der Waals surface area contributed by atoms with E-state index in [1.165, 1.54) is 12.1 Å². The maximum absolute atomic E-state index is 13.1. The fourth-order valence-corrected chi connectivity index (χ4v) is 2.28. The molecule has 2 aromatic carbocycles. The van der Waals surface area contributed by atoms with Crippen LogP contribution in [0.25, 0.3) is 0 Å². The first-order valence-corrected chi connectivity index (χ1v) is 6.35. The van der Waals surface area contributed by atoms with E-state index in [-0.39, 0.29) is 11.9 Å². The highest BCUT2D eigenvalue weighted by Gasteiger charge is 2.23. The van der Waals surface area contributed by atoms with Crippen LogP contribution in [0.15, 0.2) is 42.5 Å². The number of rotatable bonds is 3. The lowest BCUT2D eigenvalue weighted by Crippen LogP contribution is -2.22. The van der Waals surface area contributed by atoms with Gasteiger partial charge in [0.25, 0.3) is 0 Å². The molecule has 1 unspecified atom stereocenters. The van der Waals surface area contributed by atoms with Gasteiger partial charge in [0, 0.05) is 12.0 Å². The normalized spacial score (nSPS) is 16.8. The Kier molecular flexibility index (Phi) is 3.11. The number of hydrogen-bond acceptors (Lipinski definition) is 2. The van der Waals surface area contributed by atoms with Crippen LogP contribution in [0.5, 0.6) is 11.5 Å². The van der Waals surface area contributed by atoms with Crippen molar-refractivity contribution in [3.8, 4) is 11.5 Å². The minimum atomic E-state index is -0.220. The summed E-state index contributed by atoms with van der Waals surface area (Å²) in [5.41, 5.74) is 2.08. The van der Waals surface area contributed by atoms with Crippen LogP contribution in [0.4, 0.5) is 4.39 Å². The van der Waals surface area contributed by atoms with Gasteiger partial charge >= 0.3 is 0 Å². The molecule has 0 N–H and O–H groups in total. The molecule has 0 aromatic heterocycles. The molecule has 3 rings (SSSR count). The molecular formula is C16H15FO2. The molecule has 0 bridgehead atoms. The van der Waals surface area contributed by atoms with Crippen LogP contribution in [0.2, 0.25) is 0 Å². The van der Waals surface area contributed by atoms with Crippen LogP contribution in [0, 0.1) is 12.7 Å². The van der Waals surface area contributed by atoms with Gasteiger partial charge < -0.3 is 9.47 Å². The molecule has 98 valence electrons. The standard InChI is InChI=1S/C16H15FO2/c1-11-3-2-4-14(7-11)18-10-15-9-12-8-13(17)5-6-16(12)19-15/h2-8,15H,9-10H2,1H3. The molecule has 0 radical (unpaired) electrons. The summed E-state index contributed by atoms with van der Waals surface area (Å²) in [5.74, 6) is 1.38. The van der Waals surface area contributed by atoms with Crippen LogP contribution < -0.4 is 9.47 Å². The van der Waals surface area contributed by atoms with Crippen molar-refractivity contribution in [3.05, 3.63) is 59.4 Å². The van der Waals surface area contributed by atoms with E-state index < -0.39 is 0 Å². The predicted molar refractivity (Wildman–Crippen MR) is 71.2 cm³/mol. The van der Waals surface area contributed by atoms with Crippen molar-refractivity contribution in [2.75, 3.05) is 6.61 Å². The summed E-state index contributed by atoms with van der Waals surface area (Å²) in [4.78, 5) is 0. The van der Waals surface area contributed by atoms with Crippen molar-refractivity contribution in [3.63, 3.8) is 0 Å². The monoisotopic (exact) mass is 258 g/mol. The maximum atomic E-state index is 13.1. The Balaban J connectivity index is 1.62. The Morgan fingerprint density at radius 1 is 1.26 bits per heavy atom. The third kappa shape index (κ3) is 2.70. The Morgan fingerprint density at radius 2 is 2.16 bits per heavy atom. The Hall–Kier alpha value is -2.03. The zero-order chi connectivity index (χ0) is 13.2. The molecule has 1 aliphatic rings. The summed E-state index contributed by atoms with van der Waals surface area (Å²) in [7, 11) is 0. The van der Waals surface area contributed by atoms with Crippen LogP contribution >= 0.6 is 0 Å². The van der Waals surface area contributed by atoms with Crippen LogP contribution in [-0.2, 0) is 6.42 Å². The average molecular weight is 258 g/mol. The molecule has 0 amide bonds. The number of hydrogen-bond donors (Lipinski definition) is 0. The second kappa shape index (κ2) is 4.92. The predicted octanol–water partition coefficient (Wildman–Crippen LogP) is 3.52. The molecule has 2 aromatic rings. The van der Waals surface area contributed by atoms with Crippen LogP contribution in [0.3, 0.4) is 0 Å². The molecule has 0 fully saturated rings. The summed E-state index contributed by atoms with van der Waals surface area (Å²) in [6.07, 6.45) is 0.649. The summed E-state index contributed by atoms with van der Waals surface area (Å²) in [6.45, 7) is 2.50. The Bertz CT molecular complexity index is 595. The lowest BCUT2D eigenvalue weighted by Gasteiger charge is -2.12. The van der Waals surface area contributed by atoms with Crippen LogP contribution in [0.1, 0.15) is 11.1 Å². The van der Waals surface area contributed by atoms with Crippen molar-refractivity contribution < 1.29 is 13.9 Å².